The van der Waals surface area contributed by atoms with Gasteiger partial charge in [-0.2, -0.15) is 5.10 Å². The SMILES string of the molecule is COc1cccc(N(N)C(=O)N(C)N)c1COc1ccc(-c2nn(C)cc2Br)cc1C. The van der Waals surface area contributed by atoms with Gasteiger partial charge < -0.3 is 9.47 Å². The fourth-order valence-electron chi connectivity index (χ4n) is 3.15. The summed E-state index contributed by atoms with van der Waals surface area (Å²) >= 11 is 3.53. The van der Waals surface area contributed by atoms with Crippen LogP contribution in [-0.4, -0.2) is 35.0 Å². The molecule has 4 N–H and O–H groups in total. The van der Waals surface area contributed by atoms with Crippen LogP contribution >= 0.6 is 15.9 Å². The molecule has 2 aromatic carbocycles. The Morgan fingerprint density at radius 1 is 1.23 bits per heavy atom. The first kappa shape index (κ1) is 22.6. The van der Waals surface area contributed by atoms with Gasteiger partial charge in [0, 0.05) is 25.9 Å². The first-order valence-corrected chi connectivity index (χ1v) is 10.2. The lowest BCUT2D eigenvalue weighted by Gasteiger charge is -2.24. The maximum Gasteiger partial charge on any atom is 0.352 e. The average molecular weight is 489 g/mol. The zero-order chi connectivity index (χ0) is 22.7. The van der Waals surface area contributed by atoms with Crippen molar-refractivity contribution in [1.29, 1.82) is 0 Å². The quantitative estimate of drug-likeness (QED) is 0.312. The second-order valence-electron chi connectivity index (χ2n) is 6.99. The average Bonchev–Trinajstić information content (AvgIpc) is 3.09. The molecule has 0 aliphatic carbocycles. The van der Waals surface area contributed by atoms with E-state index in [-0.39, 0.29) is 6.61 Å². The van der Waals surface area contributed by atoms with Crippen molar-refractivity contribution in [2.45, 2.75) is 13.5 Å². The number of rotatable bonds is 6. The lowest BCUT2D eigenvalue weighted by Crippen LogP contribution is -2.49. The molecule has 0 unspecified atom stereocenters. The molecule has 0 saturated heterocycles. The third-order valence-electron chi connectivity index (χ3n) is 4.70. The van der Waals surface area contributed by atoms with Gasteiger partial charge in [0.2, 0.25) is 0 Å². The van der Waals surface area contributed by atoms with Crippen LogP contribution in [0.25, 0.3) is 11.3 Å². The summed E-state index contributed by atoms with van der Waals surface area (Å²) < 4.78 is 14.2. The van der Waals surface area contributed by atoms with Gasteiger partial charge >= 0.3 is 6.03 Å². The molecule has 2 amide bonds. The molecule has 1 aromatic heterocycles. The molecule has 0 aliphatic rings. The first-order chi connectivity index (χ1) is 14.7. The van der Waals surface area contributed by atoms with Crippen LogP contribution < -0.4 is 26.2 Å². The maximum atomic E-state index is 12.2. The smallest absolute Gasteiger partial charge is 0.352 e. The Morgan fingerprint density at radius 2 is 1.97 bits per heavy atom. The number of urea groups is 1. The predicted molar refractivity (Wildman–Crippen MR) is 122 cm³/mol. The molecule has 0 saturated carbocycles. The summed E-state index contributed by atoms with van der Waals surface area (Å²) in [7, 11) is 4.84. The van der Waals surface area contributed by atoms with Crippen LogP contribution in [0.2, 0.25) is 0 Å². The number of aryl methyl sites for hydroxylation is 2. The molecule has 0 atom stereocenters. The highest BCUT2D eigenvalue weighted by Crippen LogP contribution is 2.33. The second-order valence-corrected chi connectivity index (χ2v) is 7.84. The second kappa shape index (κ2) is 9.38. The van der Waals surface area contributed by atoms with Crippen molar-refractivity contribution in [1.82, 2.24) is 14.8 Å². The van der Waals surface area contributed by atoms with Crippen molar-refractivity contribution in [3.05, 3.63) is 58.2 Å². The zero-order valence-corrected chi connectivity index (χ0v) is 19.4. The van der Waals surface area contributed by atoms with Gasteiger partial charge in [-0.05, 0) is 58.7 Å². The number of aromatic nitrogens is 2. The molecule has 10 heteroatoms. The zero-order valence-electron chi connectivity index (χ0n) is 17.8. The fraction of sp³-hybridized carbons (Fsp3) is 0.238. The van der Waals surface area contributed by atoms with Gasteiger partial charge in [0.1, 0.15) is 23.8 Å². The van der Waals surface area contributed by atoms with Gasteiger partial charge in [0.05, 0.1) is 22.8 Å². The number of hydrogen-bond acceptors (Lipinski definition) is 6. The largest absolute Gasteiger partial charge is 0.496 e. The molecule has 0 spiro atoms. The maximum absolute atomic E-state index is 12.2. The van der Waals surface area contributed by atoms with Crippen LogP contribution in [0.3, 0.4) is 0 Å². The number of ether oxygens (including phenoxy) is 2. The van der Waals surface area contributed by atoms with Gasteiger partial charge in [-0.1, -0.05) is 6.07 Å². The van der Waals surface area contributed by atoms with E-state index in [1.54, 1.807) is 30.0 Å². The van der Waals surface area contributed by atoms with Crippen molar-refractivity contribution >= 4 is 27.6 Å². The van der Waals surface area contributed by atoms with Gasteiger partial charge in [-0.25, -0.2) is 21.5 Å². The van der Waals surface area contributed by atoms with Crippen LogP contribution in [0.15, 0.2) is 47.1 Å². The van der Waals surface area contributed by atoms with E-state index in [9.17, 15) is 4.79 Å². The molecule has 31 heavy (non-hydrogen) atoms. The Hall–Kier alpha value is -3.08. The van der Waals surface area contributed by atoms with E-state index in [1.165, 1.54) is 7.05 Å². The minimum absolute atomic E-state index is 0.141. The molecule has 164 valence electrons. The summed E-state index contributed by atoms with van der Waals surface area (Å²) in [5.41, 5.74) is 3.83. The number of nitrogens with zero attached hydrogens (tertiary/aromatic N) is 4. The lowest BCUT2D eigenvalue weighted by atomic mass is 10.1. The number of carbonyl (C=O) groups is 1. The van der Waals surface area contributed by atoms with Crippen molar-refractivity contribution in [2.24, 2.45) is 18.7 Å². The number of hydrazine groups is 2. The van der Waals surface area contributed by atoms with E-state index >= 15 is 0 Å². The van der Waals surface area contributed by atoms with Crippen LogP contribution in [0.5, 0.6) is 11.5 Å². The summed E-state index contributed by atoms with van der Waals surface area (Å²) in [5.74, 6) is 12.8. The topological polar surface area (TPSA) is 112 Å². The minimum Gasteiger partial charge on any atom is -0.496 e. The molecule has 3 aromatic rings. The number of carbonyl (C=O) groups excluding carboxylic acids is 1. The Morgan fingerprint density at radius 3 is 2.55 bits per heavy atom. The van der Waals surface area contributed by atoms with Gasteiger partial charge in [-0.3, -0.25) is 9.69 Å². The number of benzene rings is 2. The van der Waals surface area contributed by atoms with Gasteiger partial charge in [0.15, 0.2) is 0 Å². The van der Waals surface area contributed by atoms with Crippen molar-refractivity contribution in [2.75, 3.05) is 19.2 Å². The van der Waals surface area contributed by atoms with Crippen LogP contribution in [-0.2, 0) is 13.7 Å². The first-order valence-electron chi connectivity index (χ1n) is 9.39. The summed E-state index contributed by atoms with van der Waals surface area (Å²) in [4.78, 5) is 12.2. The van der Waals surface area contributed by atoms with E-state index in [0.717, 1.165) is 31.3 Å². The predicted octanol–water partition coefficient (Wildman–Crippen LogP) is 3.35. The third kappa shape index (κ3) is 4.82. The molecule has 0 fully saturated rings. The number of methoxy groups -OCH3 is 1. The summed E-state index contributed by atoms with van der Waals surface area (Å²) in [6.45, 7) is 2.10. The highest BCUT2D eigenvalue weighted by Gasteiger charge is 2.21. The molecule has 0 radical (unpaired) electrons. The van der Waals surface area contributed by atoms with Crippen molar-refractivity contribution < 1.29 is 14.3 Å². The van der Waals surface area contributed by atoms with Gasteiger partial charge in [0.25, 0.3) is 0 Å². The highest BCUT2D eigenvalue weighted by molar-refractivity contribution is 9.10. The summed E-state index contributed by atoms with van der Waals surface area (Å²) in [5, 5.41) is 6.35. The molecule has 0 bridgehead atoms. The monoisotopic (exact) mass is 488 g/mol. The number of anilines is 1. The van der Waals surface area contributed by atoms with Crippen LogP contribution in [0.4, 0.5) is 10.5 Å². The van der Waals surface area contributed by atoms with E-state index in [4.69, 9.17) is 21.2 Å². The van der Waals surface area contributed by atoms with Crippen molar-refractivity contribution in [3.8, 4) is 22.8 Å². The Kier molecular flexibility index (Phi) is 6.84. The summed E-state index contributed by atoms with van der Waals surface area (Å²) in [6.07, 6.45) is 1.90. The minimum atomic E-state index is -0.573. The van der Waals surface area contributed by atoms with Crippen LogP contribution in [0.1, 0.15) is 11.1 Å². The van der Waals surface area contributed by atoms with Crippen molar-refractivity contribution in [3.63, 3.8) is 0 Å². The number of halogens is 1. The standard InChI is InChI=1S/C21H25BrN6O3/c1-13-10-14(20-16(22)11-26(2)25-20)8-9-18(13)31-12-15-17(6-5-7-19(15)30-4)28(24)21(29)27(3)23/h5-11H,12,23-24H2,1-4H3. The molecule has 0 aliphatic heterocycles. The fourth-order valence-corrected chi connectivity index (χ4v) is 3.76. The molecule has 9 nitrogen and oxygen atoms in total. The highest BCUT2D eigenvalue weighted by atomic mass is 79.9. The Bertz CT molecular complexity index is 1100. The molecule has 1 heterocycles. The van der Waals surface area contributed by atoms with E-state index in [2.05, 4.69) is 21.0 Å². The summed E-state index contributed by atoms with van der Waals surface area (Å²) in [6, 6.07) is 10.5. The van der Waals surface area contributed by atoms with E-state index in [0.29, 0.717) is 22.7 Å². The number of nitrogens with two attached hydrogens (primary N) is 2. The normalized spacial score (nSPS) is 10.7. The lowest BCUT2D eigenvalue weighted by molar-refractivity contribution is 0.216. The Balaban J connectivity index is 1.87. The van der Waals surface area contributed by atoms with E-state index < -0.39 is 6.03 Å². The molecular weight excluding hydrogens is 464 g/mol. The molecule has 3 rings (SSSR count). The van der Waals surface area contributed by atoms with E-state index in [1.807, 2.05) is 38.4 Å². The molecular formula is C21H25BrN6O3. The number of hydrogen-bond donors (Lipinski definition) is 2. The Labute approximate surface area is 189 Å². The number of amides is 2. The third-order valence-corrected chi connectivity index (χ3v) is 5.28. The van der Waals surface area contributed by atoms with Gasteiger partial charge in [-0.15, -0.1) is 0 Å². The van der Waals surface area contributed by atoms with Crippen LogP contribution in [0, 0.1) is 6.92 Å².